The van der Waals surface area contributed by atoms with Gasteiger partial charge in [-0.2, -0.15) is 0 Å². The number of nitrogens with zero attached hydrogens (tertiary/aromatic N) is 1. The molecule has 14 nitrogen and oxygen atoms in total. The summed E-state index contributed by atoms with van der Waals surface area (Å²) in [6, 6.07) is 22.0. The van der Waals surface area contributed by atoms with E-state index in [0.717, 1.165) is 17.7 Å². The van der Waals surface area contributed by atoms with Crippen LogP contribution in [-0.4, -0.2) is 81.7 Å². The number of phenols is 1. The number of Topliss-reactive ketones (excluding diaryl/α,β-unsaturated/α-hetero) is 2. The van der Waals surface area contributed by atoms with E-state index in [4.69, 9.17) is 10.5 Å². The third-order valence-corrected chi connectivity index (χ3v) is 10.4. The van der Waals surface area contributed by atoms with E-state index >= 15 is 0 Å². The van der Waals surface area contributed by atoms with Crippen molar-refractivity contribution in [3.8, 4) is 5.75 Å². The van der Waals surface area contributed by atoms with Crippen LogP contribution < -0.4 is 21.7 Å². The van der Waals surface area contributed by atoms with E-state index in [-0.39, 0.29) is 22.4 Å². The second-order valence-electron chi connectivity index (χ2n) is 14.1. The molecule has 0 bridgehead atoms. The molecule has 2 aliphatic rings. The van der Waals surface area contributed by atoms with Gasteiger partial charge in [0.25, 0.3) is 5.91 Å². The van der Waals surface area contributed by atoms with Gasteiger partial charge in [0.15, 0.2) is 17.3 Å². The van der Waals surface area contributed by atoms with Crippen LogP contribution in [0.4, 0.5) is 26.7 Å². The van der Waals surface area contributed by atoms with Crippen LogP contribution in [0.5, 0.6) is 5.75 Å². The molecule has 0 saturated carbocycles. The molecule has 0 unspecified atom stereocenters. The number of hydrogen-bond donors (Lipinski definition) is 7. The first kappa shape index (κ1) is 38.2. The molecule has 4 aromatic rings. The molecule has 0 radical (unpaired) electrons. The van der Waals surface area contributed by atoms with Gasteiger partial charge < -0.3 is 36.4 Å². The van der Waals surface area contributed by atoms with Crippen LogP contribution in [0.25, 0.3) is 10.8 Å². The van der Waals surface area contributed by atoms with Crippen molar-refractivity contribution in [3.05, 3.63) is 120 Å². The third kappa shape index (κ3) is 6.88. The topological polar surface area (TPSA) is 221 Å². The Kier molecular flexibility index (Phi) is 10.2. The zero-order valence-electron chi connectivity index (χ0n) is 30.5. The van der Waals surface area contributed by atoms with Crippen LogP contribution in [0.1, 0.15) is 35.7 Å². The molecule has 0 fully saturated rings. The van der Waals surface area contributed by atoms with E-state index in [1.54, 1.807) is 49.4 Å². The average Bonchev–Trinajstić information content (AvgIpc) is 3.13. The Balaban J connectivity index is 1.39. The number of primary amides is 1. The van der Waals surface area contributed by atoms with Crippen molar-refractivity contribution in [1.29, 1.82) is 0 Å². The second-order valence-corrected chi connectivity index (χ2v) is 14.1. The molecule has 0 heterocycles. The molecule has 0 aromatic heterocycles. The van der Waals surface area contributed by atoms with Crippen LogP contribution >= 0.6 is 0 Å². The maximum absolute atomic E-state index is 14.3. The van der Waals surface area contributed by atoms with E-state index in [0.29, 0.717) is 11.4 Å². The van der Waals surface area contributed by atoms with Gasteiger partial charge in [0.1, 0.15) is 23.0 Å². The maximum Gasteiger partial charge on any atom is 0.411 e. The number of benzene rings is 4. The Morgan fingerprint density at radius 3 is 2.20 bits per heavy atom. The number of carbonyl (C=O) groups is 5. The molecule has 4 aromatic carbocycles. The Labute approximate surface area is 316 Å². The largest absolute Gasteiger partial charge is 0.508 e. The number of likely N-dealkylation sites (N-methyl/N-ethyl adjacent to an activating group) is 1. The van der Waals surface area contributed by atoms with Crippen molar-refractivity contribution in [3.63, 3.8) is 0 Å². The number of amides is 4. The second kappa shape index (κ2) is 14.7. The van der Waals surface area contributed by atoms with Gasteiger partial charge in [-0.15, -0.1) is 0 Å². The Bertz CT molecular complexity index is 2280. The van der Waals surface area contributed by atoms with Crippen molar-refractivity contribution in [1.82, 2.24) is 4.90 Å². The number of phenolic OH excluding ortho intramolecular Hbond substituents is 1. The minimum absolute atomic E-state index is 0.0687. The summed E-state index contributed by atoms with van der Waals surface area (Å²) >= 11 is 0. The van der Waals surface area contributed by atoms with Crippen LogP contribution in [0.2, 0.25) is 0 Å². The number of ether oxygens (including phenoxy) is 1. The van der Waals surface area contributed by atoms with Gasteiger partial charge >= 0.3 is 12.1 Å². The number of fused-ring (bicyclic) bond motifs is 2. The van der Waals surface area contributed by atoms with Gasteiger partial charge in [-0.05, 0) is 62.2 Å². The van der Waals surface area contributed by atoms with Gasteiger partial charge in [-0.3, -0.25) is 24.6 Å². The highest BCUT2D eigenvalue weighted by Gasteiger charge is 2.60. The molecule has 284 valence electrons. The molecule has 0 aliphatic heterocycles. The number of carbonyl (C=O) groups excluding carboxylic acids is 5. The third-order valence-electron chi connectivity index (χ3n) is 10.4. The molecule has 6 rings (SSSR count). The van der Waals surface area contributed by atoms with Gasteiger partial charge in [0.2, 0.25) is 0 Å². The molecule has 14 heteroatoms. The molecular weight excluding hydrogens is 706 g/mol. The lowest BCUT2D eigenvalue weighted by atomic mass is 9.61. The minimum atomic E-state index is -2.42. The summed E-state index contributed by atoms with van der Waals surface area (Å²) in [5.41, 5.74) is 3.04. The maximum atomic E-state index is 14.3. The number of aromatic hydroxyl groups is 1. The summed E-state index contributed by atoms with van der Waals surface area (Å²) in [7, 11) is 2.99. The molecule has 4 amide bonds. The molecule has 0 saturated heterocycles. The van der Waals surface area contributed by atoms with Gasteiger partial charge in [0.05, 0.1) is 28.9 Å². The summed E-state index contributed by atoms with van der Waals surface area (Å²) in [5, 5.41) is 44.4. The minimum Gasteiger partial charge on any atom is -0.508 e. The molecule has 2 aliphatic carbocycles. The molecule has 0 spiro atoms. The lowest BCUT2D eigenvalue weighted by Crippen LogP contribution is -2.64. The van der Waals surface area contributed by atoms with Crippen LogP contribution in [-0.2, 0) is 14.3 Å². The summed E-state index contributed by atoms with van der Waals surface area (Å²) in [5.74, 6) is -7.96. The first-order valence-electron chi connectivity index (χ1n) is 17.4. The van der Waals surface area contributed by atoms with Gasteiger partial charge in [0, 0.05) is 22.6 Å². The highest BCUT2D eigenvalue weighted by molar-refractivity contribution is 6.22. The van der Waals surface area contributed by atoms with E-state index < -0.39 is 82.2 Å². The zero-order valence-corrected chi connectivity index (χ0v) is 30.5. The predicted octanol–water partition coefficient (Wildman–Crippen LogP) is 5.46. The zero-order chi connectivity index (χ0) is 39.9. The number of rotatable bonds is 8. The summed E-state index contributed by atoms with van der Waals surface area (Å²) in [4.78, 5) is 68.7. The number of aliphatic hydroxyl groups is 2. The molecule has 6 atom stereocenters. The lowest BCUT2D eigenvalue weighted by Gasteiger charge is -2.50. The fourth-order valence-corrected chi connectivity index (χ4v) is 7.83. The number of nitrogens with one attached hydrogen (secondary N) is 3. The number of hydrogen-bond acceptors (Lipinski definition) is 10. The normalized spacial score (nSPS) is 22.9. The molecule has 8 N–H and O–H groups in total. The average molecular weight is 748 g/mol. The van der Waals surface area contributed by atoms with E-state index in [2.05, 4.69) is 22.5 Å². The van der Waals surface area contributed by atoms with Crippen LogP contribution in [0.3, 0.4) is 0 Å². The van der Waals surface area contributed by atoms with E-state index in [1.165, 1.54) is 31.1 Å². The van der Waals surface area contributed by atoms with Crippen LogP contribution in [0.15, 0.2) is 108 Å². The molecule has 55 heavy (non-hydrogen) atoms. The summed E-state index contributed by atoms with van der Waals surface area (Å²) in [6.45, 7) is 6.89. The predicted molar refractivity (Wildman–Crippen MR) is 206 cm³/mol. The highest BCUT2D eigenvalue weighted by Crippen LogP contribution is 2.51. The smallest absolute Gasteiger partial charge is 0.411 e. The quantitative estimate of drug-likeness (QED) is 0.0686. The molecular formula is C41H41N5O9. The standard InChI is InChI=1S/C41H41N5O9/c1-20-24-18-19-27(45-39(52)44-26-17-11-13-22-12-9-10-16-25(22)26)34(48)29(24)33(47)21(2)28(20)36(55-40(53)43-23-14-7-6-8-15-23)31-32(46(4)5)35(49)30(38(42)51)37(50)41(31,3)54/h6-20,28,31-32,36,48,50,54H,2H2,1,3-5H3,(H2,42,51)(H,43,53)(H2,44,45,52)/t20-,28+,31+,32-,36-,41+/m0/s1. The number of para-hydroxylation sites is 1. The highest BCUT2D eigenvalue weighted by atomic mass is 16.6. The first-order chi connectivity index (χ1) is 26.0. The Hall–Kier alpha value is -6.51. The van der Waals surface area contributed by atoms with Crippen molar-refractivity contribution >= 4 is 57.4 Å². The Morgan fingerprint density at radius 1 is 0.891 bits per heavy atom. The number of ketones is 2. The van der Waals surface area contributed by atoms with Gasteiger partial charge in [-0.1, -0.05) is 74.2 Å². The number of urea groups is 1. The van der Waals surface area contributed by atoms with Crippen molar-refractivity contribution < 1.29 is 44.0 Å². The monoisotopic (exact) mass is 747 g/mol. The van der Waals surface area contributed by atoms with Crippen LogP contribution in [0, 0.1) is 11.8 Å². The van der Waals surface area contributed by atoms with Gasteiger partial charge in [-0.25, -0.2) is 9.59 Å². The number of anilines is 3. The fourth-order valence-electron chi connectivity index (χ4n) is 7.83. The van der Waals surface area contributed by atoms with E-state index in [1.807, 2.05) is 30.3 Å². The summed E-state index contributed by atoms with van der Waals surface area (Å²) < 4.78 is 6.06. The van der Waals surface area contributed by atoms with Crippen molar-refractivity contribution in [2.24, 2.45) is 17.6 Å². The Morgan fingerprint density at radius 2 is 1.53 bits per heavy atom. The SMILES string of the molecule is C=C1C(=O)c2c(ccc(NC(=O)Nc3cccc4ccccc34)c2O)[C@H](C)[C@H]1[C@H](OC(=O)Nc1ccccc1)[C@H]1[C@H](N(C)C)C(=O)C(C(N)=O)=C(O)[C@]1(C)O. The first-order valence-corrected chi connectivity index (χ1v) is 17.4. The fraction of sp³-hybridized carbons (Fsp3) is 0.244. The lowest BCUT2D eigenvalue weighted by molar-refractivity contribution is -0.145. The number of aliphatic hydroxyl groups excluding tert-OH is 1. The van der Waals surface area contributed by atoms with Crippen molar-refractivity contribution in [2.75, 3.05) is 30.0 Å². The summed E-state index contributed by atoms with van der Waals surface area (Å²) in [6.07, 6.45) is -2.59. The van der Waals surface area contributed by atoms with Crippen molar-refractivity contribution in [2.45, 2.75) is 37.5 Å². The van der Waals surface area contributed by atoms with E-state index in [9.17, 15) is 39.3 Å². The number of nitrogens with two attached hydrogens (primary N) is 1.